The summed E-state index contributed by atoms with van der Waals surface area (Å²) >= 11 is 6.10. The summed E-state index contributed by atoms with van der Waals surface area (Å²) in [5.74, 6) is 0. The molecule has 0 heterocycles. The topological polar surface area (TPSA) is 0 Å². The van der Waals surface area contributed by atoms with E-state index < -0.39 is 0 Å². The van der Waals surface area contributed by atoms with Gasteiger partial charge in [0.25, 0.3) is 0 Å². The van der Waals surface area contributed by atoms with Crippen LogP contribution in [0.5, 0.6) is 0 Å². The van der Waals surface area contributed by atoms with Crippen LogP contribution in [0, 0.1) is 13.8 Å². The maximum Gasteiger partial charge on any atom is 0.0128 e. The van der Waals surface area contributed by atoms with Crippen molar-refractivity contribution in [1.29, 1.82) is 0 Å². The van der Waals surface area contributed by atoms with Gasteiger partial charge in [-0.1, -0.05) is 13.8 Å². The smallest absolute Gasteiger partial charge is 0.0128 e. The Balaban J connectivity index is 0.000000671. The lowest BCUT2D eigenvalue weighted by Gasteiger charge is -2.06. The highest BCUT2D eigenvalue weighted by molar-refractivity contribution is 7.98. The van der Waals surface area contributed by atoms with Crippen LogP contribution in [0.25, 0.3) is 0 Å². The molecule has 0 radical (unpaired) electrons. The lowest BCUT2D eigenvalue weighted by Crippen LogP contribution is -1.84. The first kappa shape index (κ1) is 12.9. The fourth-order valence-electron chi connectivity index (χ4n) is 1.25. The summed E-state index contributed by atoms with van der Waals surface area (Å²) in [7, 11) is 0. The van der Waals surface area contributed by atoms with Gasteiger partial charge in [-0.3, -0.25) is 0 Å². The Hall–Kier alpha value is -0.0800. The molecule has 0 aliphatic carbocycles. The van der Waals surface area contributed by atoms with E-state index >= 15 is 0 Å². The van der Waals surface area contributed by atoms with Crippen LogP contribution in [0.3, 0.4) is 0 Å². The maximum atomic E-state index is 4.30. The predicted molar refractivity (Wildman–Crippen MR) is 66.3 cm³/mol. The molecule has 74 valence electrons. The van der Waals surface area contributed by atoms with Gasteiger partial charge in [-0.05, 0) is 43.4 Å². The minimum atomic E-state index is 1.05. The van der Waals surface area contributed by atoms with Crippen LogP contribution in [0.15, 0.2) is 21.9 Å². The minimum absolute atomic E-state index is 1.05. The van der Waals surface area contributed by atoms with Gasteiger partial charge in [0.2, 0.25) is 0 Å². The van der Waals surface area contributed by atoms with Gasteiger partial charge in [0.1, 0.15) is 0 Å². The van der Waals surface area contributed by atoms with E-state index in [2.05, 4.69) is 44.9 Å². The average Bonchev–Trinajstić information content (AvgIpc) is 2.07. The third kappa shape index (κ3) is 3.65. The van der Waals surface area contributed by atoms with Crippen LogP contribution in [0.4, 0.5) is 0 Å². The zero-order chi connectivity index (χ0) is 10.4. The highest BCUT2D eigenvalue weighted by Gasteiger charge is 2.00. The molecule has 2 heteroatoms. The molecule has 1 aromatic rings. The van der Waals surface area contributed by atoms with Crippen molar-refractivity contribution >= 4 is 24.4 Å². The molecule has 0 bridgehead atoms. The Labute approximate surface area is 91.5 Å². The highest BCUT2D eigenvalue weighted by Crippen LogP contribution is 2.26. The van der Waals surface area contributed by atoms with Crippen LogP contribution >= 0.6 is 24.4 Å². The number of rotatable bonds is 1. The van der Waals surface area contributed by atoms with E-state index in [1.807, 2.05) is 13.8 Å². The molecule has 0 aliphatic heterocycles. The number of hydrogen-bond donors (Lipinski definition) is 1. The summed E-state index contributed by atoms with van der Waals surface area (Å²) in [4.78, 5) is 2.43. The molecule has 13 heavy (non-hydrogen) atoms. The largest absolute Gasteiger partial charge is 0.143 e. The van der Waals surface area contributed by atoms with Crippen LogP contribution in [-0.4, -0.2) is 6.26 Å². The van der Waals surface area contributed by atoms with E-state index in [4.69, 9.17) is 0 Å². The molecule has 0 fully saturated rings. The normalized spacial score (nSPS) is 9.08. The lowest BCUT2D eigenvalue weighted by molar-refractivity contribution is 1.17. The Morgan fingerprint density at radius 2 is 1.46 bits per heavy atom. The lowest BCUT2D eigenvalue weighted by atomic mass is 10.2. The quantitative estimate of drug-likeness (QED) is 0.536. The third-order valence-electron chi connectivity index (χ3n) is 1.65. The van der Waals surface area contributed by atoms with Gasteiger partial charge < -0.3 is 0 Å². The average molecular weight is 214 g/mol. The second-order valence-corrected chi connectivity index (χ2v) is 3.95. The van der Waals surface area contributed by atoms with Crippen LogP contribution in [-0.2, 0) is 0 Å². The number of thioether (sulfide) groups is 1. The number of benzene rings is 1. The summed E-state index contributed by atoms with van der Waals surface area (Å²) in [6, 6.07) is 4.20. The standard InChI is InChI=1S/C9H12S2.C2H6/c1-6-4-8(10)5-7(2)9(6)11-3;1-2/h4-5,10H,1-3H3;1-2H3. The Bertz CT molecular complexity index is 244. The summed E-state index contributed by atoms with van der Waals surface area (Å²) in [6.07, 6.45) is 2.10. The van der Waals surface area contributed by atoms with Crippen molar-refractivity contribution in [3.63, 3.8) is 0 Å². The van der Waals surface area contributed by atoms with E-state index in [0.717, 1.165) is 4.90 Å². The van der Waals surface area contributed by atoms with Crippen LogP contribution in [0.2, 0.25) is 0 Å². The summed E-state index contributed by atoms with van der Waals surface area (Å²) in [5, 5.41) is 0. The van der Waals surface area contributed by atoms with E-state index in [-0.39, 0.29) is 0 Å². The summed E-state index contributed by atoms with van der Waals surface area (Å²) < 4.78 is 0. The zero-order valence-electron chi connectivity index (χ0n) is 9.01. The van der Waals surface area contributed by atoms with Gasteiger partial charge in [0, 0.05) is 9.79 Å². The first-order chi connectivity index (χ1) is 6.15. The molecule has 0 aliphatic rings. The van der Waals surface area contributed by atoms with Crippen molar-refractivity contribution < 1.29 is 0 Å². The van der Waals surface area contributed by atoms with E-state index in [0.29, 0.717) is 0 Å². The molecule has 0 saturated carbocycles. The Kier molecular flexibility index (Phi) is 6.35. The van der Waals surface area contributed by atoms with Gasteiger partial charge in [-0.25, -0.2) is 0 Å². The maximum absolute atomic E-state index is 4.30. The SMILES string of the molecule is CC.CSc1c(C)cc(S)cc1C. The number of aryl methyl sites for hydroxylation is 2. The molecule has 0 nitrogen and oxygen atoms in total. The molecule has 0 saturated heterocycles. The molecule has 0 aromatic heterocycles. The van der Waals surface area contributed by atoms with E-state index in [9.17, 15) is 0 Å². The molecule has 0 spiro atoms. The molecule has 1 aromatic carbocycles. The monoisotopic (exact) mass is 214 g/mol. The minimum Gasteiger partial charge on any atom is -0.143 e. The van der Waals surface area contributed by atoms with Gasteiger partial charge in [-0.2, -0.15) is 0 Å². The summed E-state index contributed by atoms with van der Waals surface area (Å²) in [5.41, 5.74) is 2.64. The van der Waals surface area contributed by atoms with Gasteiger partial charge in [-0.15, -0.1) is 24.4 Å². The van der Waals surface area contributed by atoms with Crippen molar-refractivity contribution in [3.8, 4) is 0 Å². The first-order valence-corrected chi connectivity index (χ1v) is 6.16. The fourth-order valence-corrected chi connectivity index (χ4v) is 2.40. The first-order valence-electron chi connectivity index (χ1n) is 4.49. The Morgan fingerprint density at radius 3 is 1.77 bits per heavy atom. The second kappa shape index (κ2) is 6.39. The van der Waals surface area contributed by atoms with E-state index in [1.165, 1.54) is 16.0 Å². The van der Waals surface area contributed by atoms with Crippen molar-refractivity contribution in [2.75, 3.05) is 6.26 Å². The van der Waals surface area contributed by atoms with Crippen molar-refractivity contribution in [3.05, 3.63) is 23.3 Å². The molecule has 0 atom stereocenters. The van der Waals surface area contributed by atoms with Gasteiger partial charge >= 0.3 is 0 Å². The fraction of sp³-hybridized carbons (Fsp3) is 0.455. The number of thiol groups is 1. The highest BCUT2D eigenvalue weighted by atomic mass is 32.2. The van der Waals surface area contributed by atoms with Gasteiger partial charge in [0.15, 0.2) is 0 Å². The number of hydrogen-bond acceptors (Lipinski definition) is 2. The molecule has 1 rings (SSSR count). The third-order valence-corrected chi connectivity index (χ3v) is 2.96. The van der Waals surface area contributed by atoms with Crippen molar-refractivity contribution in [2.24, 2.45) is 0 Å². The van der Waals surface area contributed by atoms with Crippen LogP contribution in [0.1, 0.15) is 25.0 Å². The molecular weight excluding hydrogens is 196 g/mol. The summed E-state index contributed by atoms with van der Waals surface area (Å²) in [6.45, 7) is 8.25. The van der Waals surface area contributed by atoms with Crippen LogP contribution < -0.4 is 0 Å². The zero-order valence-corrected chi connectivity index (χ0v) is 10.7. The Morgan fingerprint density at radius 1 is 1.08 bits per heavy atom. The molecule has 0 amide bonds. The van der Waals surface area contributed by atoms with Crippen molar-refractivity contribution in [2.45, 2.75) is 37.5 Å². The predicted octanol–water partition coefficient (Wildman–Crippen LogP) is 4.34. The van der Waals surface area contributed by atoms with Gasteiger partial charge in [0.05, 0.1) is 0 Å². The van der Waals surface area contributed by atoms with Crippen molar-refractivity contribution in [1.82, 2.24) is 0 Å². The molecule has 0 N–H and O–H groups in total. The second-order valence-electron chi connectivity index (χ2n) is 2.61. The molecular formula is C11H18S2. The molecule has 0 unspecified atom stereocenters. The van der Waals surface area contributed by atoms with E-state index in [1.54, 1.807) is 11.8 Å².